The predicted octanol–water partition coefficient (Wildman–Crippen LogP) is 3.55. The molecule has 0 spiro atoms. The standard InChI is InChI=1S/C15H14N2O/c1-10-3-6-14(11(2)7-10)18-15-8-12(9-16)4-5-13(15)17/h3-8H,17H2,1-2H3. The summed E-state index contributed by atoms with van der Waals surface area (Å²) in [7, 11) is 0. The number of hydrogen-bond acceptors (Lipinski definition) is 3. The average molecular weight is 238 g/mol. The van der Waals surface area contributed by atoms with Gasteiger partial charge in [-0.2, -0.15) is 5.26 Å². The highest BCUT2D eigenvalue weighted by Crippen LogP contribution is 2.30. The fourth-order valence-corrected chi connectivity index (χ4v) is 1.72. The molecule has 0 heterocycles. The molecule has 3 nitrogen and oxygen atoms in total. The summed E-state index contributed by atoms with van der Waals surface area (Å²) in [5.41, 5.74) is 9.11. The summed E-state index contributed by atoms with van der Waals surface area (Å²) in [5.74, 6) is 1.27. The van der Waals surface area contributed by atoms with Gasteiger partial charge < -0.3 is 10.5 Å². The lowest BCUT2D eigenvalue weighted by Gasteiger charge is -2.11. The first-order chi connectivity index (χ1) is 8.60. The van der Waals surface area contributed by atoms with E-state index in [2.05, 4.69) is 6.07 Å². The molecule has 0 aliphatic carbocycles. The van der Waals surface area contributed by atoms with E-state index in [4.69, 9.17) is 15.7 Å². The van der Waals surface area contributed by atoms with Crippen LogP contribution in [0.25, 0.3) is 0 Å². The van der Waals surface area contributed by atoms with Crippen LogP contribution < -0.4 is 10.5 Å². The highest BCUT2D eigenvalue weighted by atomic mass is 16.5. The number of nitrogen functional groups attached to an aromatic ring is 1. The topological polar surface area (TPSA) is 59.0 Å². The molecule has 3 heteroatoms. The number of nitrogens with two attached hydrogens (primary N) is 1. The van der Waals surface area contributed by atoms with Crippen LogP contribution in [0.15, 0.2) is 36.4 Å². The van der Waals surface area contributed by atoms with E-state index < -0.39 is 0 Å². The van der Waals surface area contributed by atoms with Gasteiger partial charge in [-0.15, -0.1) is 0 Å². The summed E-state index contributed by atoms with van der Waals surface area (Å²) in [5, 5.41) is 8.86. The second kappa shape index (κ2) is 4.80. The van der Waals surface area contributed by atoms with Gasteiger partial charge in [0.05, 0.1) is 17.3 Å². The minimum Gasteiger partial charge on any atom is -0.455 e. The van der Waals surface area contributed by atoms with Crippen molar-refractivity contribution in [3.8, 4) is 17.6 Å². The third-order valence-corrected chi connectivity index (χ3v) is 2.69. The molecular formula is C15H14N2O. The number of nitrogens with zero attached hydrogens (tertiary/aromatic N) is 1. The van der Waals surface area contributed by atoms with E-state index in [0.717, 1.165) is 11.3 Å². The Morgan fingerprint density at radius 2 is 1.83 bits per heavy atom. The second-order valence-electron chi connectivity index (χ2n) is 4.24. The minimum atomic E-state index is 0.515. The first-order valence-corrected chi connectivity index (χ1v) is 5.65. The van der Waals surface area contributed by atoms with E-state index >= 15 is 0 Å². The number of hydrogen-bond donors (Lipinski definition) is 1. The Kier molecular flexibility index (Phi) is 3.20. The molecule has 0 fully saturated rings. The molecule has 18 heavy (non-hydrogen) atoms. The van der Waals surface area contributed by atoms with Crippen LogP contribution in [0.5, 0.6) is 11.5 Å². The lowest BCUT2D eigenvalue weighted by Crippen LogP contribution is -1.94. The number of benzene rings is 2. The molecule has 0 atom stereocenters. The Morgan fingerprint density at radius 3 is 2.50 bits per heavy atom. The van der Waals surface area contributed by atoms with Crippen molar-refractivity contribution in [3.63, 3.8) is 0 Å². The van der Waals surface area contributed by atoms with Crippen LogP contribution in [-0.4, -0.2) is 0 Å². The van der Waals surface area contributed by atoms with Gasteiger partial charge in [-0.05, 0) is 37.6 Å². The fourth-order valence-electron chi connectivity index (χ4n) is 1.72. The summed E-state index contributed by atoms with van der Waals surface area (Å²) in [6.45, 7) is 4.01. The van der Waals surface area contributed by atoms with Crippen molar-refractivity contribution in [2.45, 2.75) is 13.8 Å². The maximum Gasteiger partial charge on any atom is 0.151 e. The minimum absolute atomic E-state index is 0.515. The molecule has 2 rings (SSSR count). The summed E-state index contributed by atoms with van der Waals surface area (Å²) >= 11 is 0. The van der Waals surface area contributed by atoms with Crippen LogP contribution in [0.1, 0.15) is 16.7 Å². The quantitative estimate of drug-likeness (QED) is 0.814. The van der Waals surface area contributed by atoms with Crippen LogP contribution >= 0.6 is 0 Å². The van der Waals surface area contributed by atoms with Gasteiger partial charge >= 0.3 is 0 Å². The monoisotopic (exact) mass is 238 g/mol. The Hall–Kier alpha value is -2.47. The molecule has 90 valence electrons. The molecule has 0 unspecified atom stereocenters. The zero-order chi connectivity index (χ0) is 13.1. The van der Waals surface area contributed by atoms with E-state index in [1.807, 2.05) is 32.0 Å². The van der Waals surface area contributed by atoms with Gasteiger partial charge in [0, 0.05) is 6.07 Å². The highest BCUT2D eigenvalue weighted by Gasteiger charge is 2.06. The van der Waals surface area contributed by atoms with Crippen molar-refractivity contribution in [2.24, 2.45) is 0 Å². The van der Waals surface area contributed by atoms with Gasteiger partial charge in [0.2, 0.25) is 0 Å². The second-order valence-corrected chi connectivity index (χ2v) is 4.24. The number of nitriles is 1. The predicted molar refractivity (Wildman–Crippen MR) is 71.6 cm³/mol. The van der Waals surface area contributed by atoms with Crippen LogP contribution in [0, 0.1) is 25.2 Å². The summed E-state index contributed by atoms with van der Waals surface area (Å²) in [4.78, 5) is 0. The van der Waals surface area contributed by atoms with Gasteiger partial charge in [-0.3, -0.25) is 0 Å². The Balaban J connectivity index is 2.37. The Labute approximate surface area is 106 Å². The normalized spacial score (nSPS) is 9.83. The van der Waals surface area contributed by atoms with E-state index in [-0.39, 0.29) is 0 Å². The lowest BCUT2D eigenvalue weighted by atomic mass is 10.1. The molecule has 0 aromatic heterocycles. The van der Waals surface area contributed by atoms with E-state index in [0.29, 0.717) is 17.0 Å². The van der Waals surface area contributed by atoms with E-state index in [1.54, 1.807) is 18.2 Å². The van der Waals surface area contributed by atoms with Crippen molar-refractivity contribution >= 4 is 5.69 Å². The summed E-state index contributed by atoms with van der Waals surface area (Å²) in [6.07, 6.45) is 0. The molecule has 0 bridgehead atoms. The van der Waals surface area contributed by atoms with Crippen molar-refractivity contribution < 1.29 is 4.74 Å². The fraction of sp³-hybridized carbons (Fsp3) is 0.133. The maximum atomic E-state index is 8.86. The SMILES string of the molecule is Cc1ccc(Oc2cc(C#N)ccc2N)c(C)c1. The van der Waals surface area contributed by atoms with Crippen LogP contribution in [0.4, 0.5) is 5.69 Å². The molecule has 0 aliphatic rings. The van der Waals surface area contributed by atoms with Gasteiger partial charge in [-0.1, -0.05) is 17.7 Å². The van der Waals surface area contributed by atoms with Gasteiger partial charge in [0.1, 0.15) is 5.75 Å². The van der Waals surface area contributed by atoms with Crippen molar-refractivity contribution in [3.05, 3.63) is 53.1 Å². The Morgan fingerprint density at radius 1 is 1.06 bits per heavy atom. The largest absolute Gasteiger partial charge is 0.455 e. The molecule has 2 N–H and O–H groups in total. The van der Waals surface area contributed by atoms with E-state index in [1.165, 1.54) is 5.56 Å². The summed E-state index contributed by atoms with van der Waals surface area (Å²) < 4.78 is 5.76. The molecule has 0 amide bonds. The third kappa shape index (κ3) is 2.44. The molecule has 0 saturated heterocycles. The number of anilines is 1. The number of ether oxygens (including phenoxy) is 1. The first kappa shape index (κ1) is 12.0. The van der Waals surface area contributed by atoms with Crippen LogP contribution in [0.2, 0.25) is 0 Å². The Bertz CT molecular complexity index is 627. The molecule has 0 saturated carbocycles. The molecule has 0 aliphatic heterocycles. The highest BCUT2D eigenvalue weighted by molar-refractivity contribution is 5.57. The van der Waals surface area contributed by atoms with Crippen LogP contribution in [-0.2, 0) is 0 Å². The van der Waals surface area contributed by atoms with Crippen LogP contribution in [0.3, 0.4) is 0 Å². The van der Waals surface area contributed by atoms with Gasteiger partial charge in [-0.25, -0.2) is 0 Å². The number of aryl methyl sites for hydroxylation is 2. The third-order valence-electron chi connectivity index (χ3n) is 2.69. The van der Waals surface area contributed by atoms with Crippen molar-refractivity contribution in [1.82, 2.24) is 0 Å². The first-order valence-electron chi connectivity index (χ1n) is 5.65. The maximum absolute atomic E-state index is 8.86. The van der Waals surface area contributed by atoms with Gasteiger partial charge in [0.25, 0.3) is 0 Å². The smallest absolute Gasteiger partial charge is 0.151 e. The molecule has 0 radical (unpaired) electrons. The molecular weight excluding hydrogens is 224 g/mol. The van der Waals surface area contributed by atoms with Crippen molar-refractivity contribution in [1.29, 1.82) is 5.26 Å². The van der Waals surface area contributed by atoms with Crippen molar-refractivity contribution in [2.75, 3.05) is 5.73 Å². The zero-order valence-electron chi connectivity index (χ0n) is 10.4. The summed E-state index contributed by atoms with van der Waals surface area (Å²) in [6, 6.07) is 13.0. The molecule has 2 aromatic carbocycles. The average Bonchev–Trinajstić information content (AvgIpc) is 2.35. The molecule has 2 aromatic rings. The lowest BCUT2D eigenvalue weighted by molar-refractivity contribution is 0.481. The zero-order valence-corrected chi connectivity index (χ0v) is 10.4. The van der Waals surface area contributed by atoms with E-state index in [9.17, 15) is 0 Å². The van der Waals surface area contributed by atoms with Gasteiger partial charge in [0.15, 0.2) is 5.75 Å². The number of rotatable bonds is 2.